The van der Waals surface area contributed by atoms with Crippen LogP contribution in [0.3, 0.4) is 0 Å². The number of hydrogen-bond donors (Lipinski definition) is 1. The summed E-state index contributed by atoms with van der Waals surface area (Å²) in [5.41, 5.74) is 4.69. The van der Waals surface area contributed by atoms with Crippen molar-refractivity contribution in [3.63, 3.8) is 0 Å². The van der Waals surface area contributed by atoms with Crippen LogP contribution in [0, 0.1) is 30.9 Å². The molecular formula is C14H18N4O2. The standard InChI is InChI=1S/C14H18N4O2/c1-9-6-14(18(19)20)10(2)5-13(9)15-7-12-8-17(4)16-11(12)3/h5-6,8,15H,7H2,1-4H3. The molecule has 0 bridgehead atoms. The Labute approximate surface area is 117 Å². The lowest BCUT2D eigenvalue weighted by Crippen LogP contribution is -2.03. The fourth-order valence-electron chi connectivity index (χ4n) is 2.20. The van der Waals surface area contributed by atoms with Crippen molar-refractivity contribution in [3.8, 4) is 0 Å². The number of nitrogens with one attached hydrogen (secondary N) is 1. The molecule has 0 spiro atoms. The van der Waals surface area contributed by atoms with E-state index in [1.807, 2.05) is 33.2 Å². The number of nitro benzene ring substituents is 1. The van der Waals surface area contributed by atoms with Crippen molar-refractivity contribution >= 4 is 11.4 Å². The Morgan fingerprint density at radius 2 is 2.00 bits per heavy atom. The molecule has 1 N–H and O–H groups in total. The largest absolute Gasteiger partial charge is 0.381 e. The van der Waals surface area contributed by atoms with Crippen molar-refractivity contribution in [3.05, 3.63) is 50.8 Å². The minimum Gasteiger partial charge on any atom is -0.381 e. The predicted molar refractivity (Wildman–Crippen MR) is 77.8 cm³/mol. The van der Waals surface area contributed by atoms with E-state index in [9.17, 15) is 10.1 Å². The van der Waals surface area contributed by atoms with E-state index >= 15 is 0 Å². The van der Waals surface area contributed by atoms with Gasteiger partial charge in [-0.2, -0.15) is 5.10 Å². The van der Waals surface area contributed by atoms with Gasteiger partial charge in [-0.25, -0.2) is 0 Å². The Hall–Kier alpha value is -2.37. The molecule has 6 heteroatoms. The minimum absolute atomic E-state index is 0.158. The quantitative estimate of drug-likeness (QED) is 0.687. The number of anilines is 1. The highest BCUT2D eigenvalue weighted by Gasteiger charge is 2.13. The van der Waals surface area contributed by atoms with Gasteiger partial charge in [0.15, 0.2) is 0 Å². The van der Waals surface area contributed by atoms with Crippen LogP contribution in [0.25, 0.3) is 0 Å². The van der Waals surface area contributed by atoms with Crippen LogP contribution in [0.5, 0.6) is 0 Å². The number of nitrogens with zero attached hydrogens (tertiary/aromatic N) is 3. The van der Waals surface area contributed by atoms with Crippen LogP contribution in [0.2, 0.25) is 0 Å². The molecule has 0 fully saturated rings. The molecule has 20 heavy (non-hydrogen) atoms. The molecule has 106 valence electrons. The van der Waals surface area contributed by atoms with Gasteiger partial charge in [0.2, 0.25) is 0 Å². The SMILES string of the molecule is Cc1cc([N+](=O)[O-])c(C)cc1NCc1cn(C)nc1C. The highest BCUT2D eigenvalue weighted by atomic mass is 16.6. The third-order valence-electron chi connectivity index (χ3n) is 3.32. The zero-order valence-electron chi connectivity index (χ0n) is 12.1. The normalized spacial score (nSPS) is 10.6. The van der Waals surface area contributed by atoms with E-state index in [0.717, 1.165) is 22.5 Å². The van der Waals surface area contributed by atoms with Gasteiger partial charge in [0.05, 0.1) is 10.6 Å². The second-order valence-corrected chi connectivity index (χ2v) is 4.98. The summed E-state index contributed by atoms with van der Waals surface area (Å²) < 4.78 is 1.78. The van der Waals surface area contributed by atoms with Crippen molar-refractivity contribution in [1.29, 1.82) is 0 Å². The van der Waals surface area contributed by atoms with Crippen LogP contribution in [-0.2, 0) is 13.6 Å². The maximum Gasteiger partial charge on any atom is 0.272 e. The van der Waals surface area contributed by atoms with Crippen LogP contribution < -0.4 is 5.32 Å². The maximum absolute atomic E-state index is 10.9. The summed E-state index contributed by atoms with van der Waals surface area (Å²) in [6.45, 7) is 6.23. The molecule has 1 aromatic carbocycles. The van der Waals surface area contributed by atoms with E-state index in [4.69, 9.17) is 0 Å². The molecule has 0 saturated heterocycles. The molecular weight excluding hydrogens is 256 g/mol. The van der Waals surface area contributed by atoms with Crippen molar-refractivity contribution in [2.45, 2.75) is 27.3 Å². The Morgan fingerprint density at radius 1 is 1.30 bits per heavy atom. The highest BCUT2D eigenvalue weighted by Crippen LogP contribution is 2.26. The molecule has 0 radical (unpaired) electrons. The first-order chi connectivity index (χ1) is 9.38. The summed E-state index contributed by atoms with van der Waals surface area (Å²) >= 11 is 0. The Bertz CT molecular complexity index is 661. The number of rotatable bonds is 4. The lowest BCUT2D eigenvalue weighted by Gasteiger charge is -2.10. The third-order valence-corrected chi connectivity index (χ3v) is 3.32. The van der Waals surface area contributed by atoms with E-state index in [2.05, 4.69) is 10.4 Å². The maximum atomic E-state index is 10.9. The van der Waals surface area contributed by atoms with Gasteiger partial charge in [-0.3, -0.25) is 14.8 Å². The summed E-state index contributed by atoms with van der Waals surface area (Å²) in [6.07, 6.45) is 1.97. The first-order valence-corrected chi connectivity index (χ1v) is 6.37. The highest BCUT2D eigenvalue weighted by molar-refractivity contribution is 5.59. The lowest BCUT2D eigenvalue weighted by atomic mass is 10.1. The van der Waals surface area contributed by atoms with Gasteiger partial charge < -0.3 is 5.32 Å². The van der Waals surface area contributed by atoms with Gasteiger partial charge in [-0.05, 0) is 32.4 Å². The van der Waals surface area contributed by atoms with Gasteiger partial charge >= 0.3 is 0 Å². The average Bonchev–Trinajstić information content (AvgIpc) is 2.68. The molecule has 0 saturated carbocycles. The van der Waals surface area contributed by atoms with Gasteiger partial charge in [-0.15, -0.1) is 0 Å². The van der Waals surface area contributed by atoms with Crippen LogP contribution in [0.4, 0.5) is 11.4 Å². The average molecular weight is 274 g/mol. The van der Waals surface area contributed by atoms with Crippen LogP contribution in [0.15, 0.2) is 18.3 Å². The van der Waals surface area contributed by atoms with Crippen LogP contribution in [0.1, 0.15) is 22.4 Å². The van der Waals surface area contributed by atoms with E-state index in [1.54, 1.807) is 17.7 Å². The molecule has 0 unspecified atom stereocenters. The van der Waals surface area contributed by atoms with Crippen molar-refractivity contribution in [2.24, 2.45) is 7.05 Å². The molecule has 0 amide bonds. The summed E-state index contributed by atoms with van der Waals surface area (Å²) in [5, 5.41) is 18.5. The molecule has 0 atom stereocenters. The third kappa shape index (κ3) is 2.79. The van der Waals surface area contributed by atoms with E-state index in [-0.39, 0.29) is 10.6 Å². The van der Waals surface area contributed by atoms with E-state index in [1.165, 1.54) is 0 Å². The van der Waals surface area contributed by atoms with Crippen molar-refractivity contribution < 1.29 is 4.92 Å². The molecule has 1 aromatic heterocycles. The monoisotopic (exact) mass is 274 g/mol. The van der Waals surface area contributed by atoms with Crippen molar-refractivity contribution in [2.75, 3.05) is 5.32 Å². The number of hydrogen-bond acceptors (Lipinski definition) is 4. The molecule has 0 aliphatic rings. The Morgan fingerprint density at radius 3 is 2.55 bits per heavy atom. The van der Waals surface area contributed by atoms with E-state index < -0.39 is 0 Å². The zero-order chi connectivity index (χ0) is 14.9. The van der Waals surface area contributed by atoms with Gasteiger partial charge in [-0.1, -0.05) is 0 Å². The second kappa shape index (κ2) is 5.32. The van der Waals surface area contributed by atoms with E-state index in [0.29, 0.717) is 12.1 Å². The second-order valence-electron chi connectivity index (χ2n) is 4.98. The lowest BCUT2D eigenvalue weighted by molar-refractivity contribution is -0.385. The molecule has 1 heterocycles. The first kappa shape index (κ1) is 14.0. The Kier molecular flexibility index (Phi) is 3.74. The molecule has 0 aliphatic heterocycles. The van der Waals surface area contributed by atoms with Gasteiger partial charge in [0.25, 0.3) is 5.69 Å². The Balaban J connectivity index is 2.20. The fourth-order valence-corrected chi connectivity index (χ4v) is 2.20. The molecule has 2 aromatic rings. The van der Waals surface area contributed by atoms with Crippen molar-refractivity contribution in [1.82, 2.24) is 9.78 Å². The van der Waals surface area contributed by atoms with Gasteiger partial charge in [0.1, 0.15) is 0 Å². The minimum atomic E-state index is -0.350. The first-order valence-electron chi connectivity index (χ1n) is 6.37. The summed E-state index contributed by atoms with van der Waals surface area (Å²) in [5.74, 6) is 0. The van der Waals surface area contributed by atoms with Crippen LogP contribution >= 0.6 is 0 Å². The summed E-state index contributed by atoms with van der Waals surface area (Å²) in [6, 6.07) is 3.42. The number of nitro groups is 1. The van der Waals surface area contributed by atoms with Gasteiger partial charge in [0, 0.05) is 42.7 Å². The zero-order valence-corrected chi connectivity index (χ0v) is 12.1. The fraction of sp³-hybridized carbons (Fsp3) is 0.357. The molecule has 6 nitrogen and oxygen atoms in total. The molecule has 0 aliphatic carbocycles. The summed E-state index contributed by atoms with van der Waals surface area (Å²) in [7, 11) is 1.89. The predicted octanol–water partition coefficient (Wildman–Crippen LogP) is 2.87. The van der Waals surface area contributed by atoms with Crippen LogP contribution in [-0.4, -0.2) is 14.7 Å². The topological polar surface area (TPSA) is 73.0 Å². The molecule has 2 rings (SSSR count). The number of aromatic nitrogens is 2. The number of benzene rings is 1. The number of aryl methyl sites for hydroxylation is 4. The summed E-state index contributed by atoms with van der Waals surface area (Å²) in [4.78, 5) is 10.5. The smallest absolute Gasteiger partial charge is 0.272 e.